The zero-order valence-corrected chi connectivity index (χ0v) is 13.6. The molecule has 0 spiro atoms. The van der Waals surface area contributed by atoms with Gasteiger partial charge in [-0.15, -0.1) is 0 Å². The van der Waals surface area contributed by atoms with E-state index in [0.29, 0.717) is 22.6 Å². The predicted molar refractivity (Wildman–Crippen MR) is 89.2 cm³/mol. The fraction of sp³-hybridized carbons (Fsp3) is 0.353. The number of pyridine rings is 1. The molecule has 1 fully saturated rings. The van der Waals surface area contributed by atoms with Crippen LogP contribution in [0.2, 0.25) is 10.0 Å². The molecule has 1 aliphatic heterocycles. The van der Waals surface area contributed by atoms with Gasteiger partial charge in [0.15, 0.2) is 0 Å². The first-order valence-electron chi connectivity index (χ1n) is 7.42. The summed E-state index contributed by atoms with van der Waals surface area (Å²) in [6, 6.07) is 9.66. The highest BCUT2D eigenvalue weighted by molar-refractivity contribution is 6.35. The minimum absolute atomic E-state index is 0.337. The molecule has 3 nitrogen and oxygen atoms in total. The second-order valence-corrected chi connectivity index (χ2v) is 6.46. The highest BCUT2D eigenvalue weighted by Gasteiger charge is 2.28. The highest BCUT2D eigenvalue weighted by atomic mass is 35.5. The van der Waals surface area contributed by atoms with Crippen molar-refractivity contribution >= 4 is 23.2 Å². The number of β-amino-alcohol motifs (C(OH)–C–C–N with tert-alkyl or cyclic N) is 1. The van der Waals surface area contributed by atoms with E-state index >= 15 is 0 Å². The number of halogens is 2. The first-order valence-corrected chi connectivity index (χ1v) is 8.18. The van der Waals surface area contributed by atoms with Crippen molar-refractivity contribution in [2.24, 2.45) is 0 Å². The van der Waals surface area contributed by atoms with E-state index in [0.717, 1.165) is 24.9 Å². The number of likely N-dealkylation sites (tertiary alicyclic amines) is 1. The molecule has 116 valence electrons. The Morgan fingerprint density at radius 1 is 1.23 bits per heavy atom. The van der Waals surface area contributed by atoms with Crippen LogP contribution in [0.3, 0.4) is 0 Å². The van der Waals surface area contributed by atoms with Gasteiger partial charge in [-0.1, -0.05) is 29.3 Å². The Kier molecular flexibility index (Phi) is 4.99. The van der Waals surface area contributed by atoms with E-state index in [-0.39, 0.29) is 0 Å². The molecule has 1 aromatic carbocycles. The number of aliphatic hydroxyl groups excluding tert-OH is 1. The van der Waals surface area contributed by atoms with Crippen LogP contribution in [0.4, 0.5) is 0 Å². The summed E-state index contributed by atoms with van der Waals surface area (Å²) < 4.78 is 0. The zero-order valence-electron chi connectivity index (χ0n) is 12.1. The fourth-order valence-corrected chi connectivity index (χ4v) is 3.63. The molecule has 0 amide bonds. The van der Waals surface area contributed by atoms with Crippen molar-refractivity contribution < 1.29 is 5.11 Å². The summed E-state index contributed by atoms with van der Waals surface area (Å²) in [5.74, 6) is 0. The molecule has 2 atom stereocenters. The molecular weight excluding hydrogens is 319 g/mol. The third-order valence-corrected chi connectivity index (χ3v) is 4.75. The van der Waals surface area contributed by atoms with Crippen LogP contribution in [0.25, 0.3) is 0 Å². The maximum absolute atomic E-state index is 10.5. The van der Waals surface area contributed by atoms with Crippen LogP contribution < -0.4 is 0 Å². The largest absolute Gasteiger partial charge is 0.387 e. The van der Waals surface area contributed by atoms with Gasteiger partial charge in [-0.05, 0) is 49.2 Å². The molecular formula is C17H18Cl2N2O. The zero-order chi connectivity index (χ0) is 15.5. The summed E-state index contributed by atoms with van der Waals surface area (Å²) in [6.07, 6.45) is 5.25. The van der Waals surface area contributed by atoms with Crippen molar-refractivity contribution in [3.8, 4) is 0 Å². The van der Waals surface area contributed by atoms with Crippen molar-refractivity contribution in [1.82, 2.24) is 9.88 Å². The molecule has 3 rings (SSSR count). The number of hydrogen-bond acceptors (Lipinski definition) is 3. The first-order chi connectivity index (χ1) is 10.6. The number of benzene rings is 1. The Labute approximate surface area is 140 Å². The molecule has 1 N–H and O–H groups in total. The minimum Gasteiger partial charge on any atom is -0.387 e. The molecule has 22 heavy (non-hydrogen) atoms. The Hall–Kier alpha value is -1.13. The Morgan fingerprint density at radius 2 is 2.00 bits per heavy atom. The van der Waals surface area contributed by atoms with E-state index in [9.17, 15) is 5.11 Å². The summed E-state index contributed by atoms with van der Waals surface area (Å²) in [4.78, 5) is 6.38. The summed E-state index contributed by atoms with van der Waals surface area (Å²) in [6.45, 7) is 1.55. The molecule has 0 saturated carbocycles. The number of nitrogens with zero attached hydrogens (tertiary/aromatic N) is 2. The molecule has 2 unspecified atom stereocenters. The van der Waals surface area contributed by atoms with E-state index in [4.69, 9.17) is 23.2 Å². The van der Waals surface area contributed by atoms with Gasteiger partial charge < -0.3 is 5.11 Å². The fourth-order valence-electron chi connectivity index (χ4n) is 3.10. The lowest BCUT2D eigenvalue weighted by atomic mass is 10.0. The van der Waals surface area contributed by atoms with Gasteiger partial charge >= 0.3 is 0 Å². The Morgan fingerprint density at radius 3 is 2.73 bits per heavy atom. The second kappa shape index (κ2) is 6.97. The molecule has 0 aliphatic carbocycles. The average Bonchev–Trinajstić information content (AvgIpc) is 2.96. The molecule has 1 saturated heterocycles. The monoisotopic (exact) mass is 336 g/mol. The smallest absolute Gasteiger partial charge is 0.0931 e. The maximum Gasteiger partial charge on any atom is 0.0931 e. The Balaban J connectivity index is 1.74. The quantitative estimate of drug-likeness (QED) is 0.906. The lowest BCUT2D eigenvalue weighted by Gasteiger charge is -2.27. The van der Waals surface area contributed by atoms with Gasteiger partial charge in [-0.25, -0.2) is 0 Å². The van der Waals surface area contributed by atoms with Crippen molar-refractivity contribution in [2.75, 3.05) is 13.1 Å². The van der Waals surface area contributed by atoms with Crippen LogP contribution in [0.5, 0.6) is 0 Å². The molecule has 1 aliphatic rings. The molecule has 0 radical (unpaired) electrons. The first kappa shape index (κ1) is 15.8. The molecule has 1 aromatic heterocycles. The lowest BCUT2D eigenvalue weighted by Crippen LogP contribution is -2.28. The van der Waals surface area contributed by atoms with Crippen molar-refractivity contribution in [3.05, 3.63) is 63.9 Å². The molecule has 2 aromatic rings. The number of aliphatic hydroxyl groups is 1. The maximum atomic E-state index is 10.5. The molecule has 0 bridgehead atoms. The van der Waals surface area contributed by atoms with E-state index in [1.807, 2.05) is 24.5 Å². The molecule has 2 heterocycles. The van der Waals surface area contributed by atoms with Crippen molar-refractivity contribution in [2.45, 2.75) is 25.0 Å². The minimum atomic E-state index is -0.618. The van der Waals surface area contributed by atoms with Crippen molar-refractivity contribution in [1.29, 1.82) is 0 Å². The van der Waals surface area contributed by atoms with Crippen LogP contribution in [0.15, 0.2) is 42.7 Å². The summed E-state index contributed by atoms with van der Waals surface area (Å²) in [5, 5.41) is 11.6. The average molecular weight is 337 g/mol. The van der Waals surface area contributed by atoms with E-state index < -0.39 is 6.10 Å². The Bertz CT molecular complexity index is 636. The van der Waals surface area contributed by atoms with Gasteiger partial charge in [0, 0.05) is 40.6 Å². The highest BCUT2D eigenvalue weighted by Crippen LogP contribution is 2.34. The van der Waals surface area contributed by atoms with Crippen LogP contribution in [-0.4, -0.2) is 28.1 Å². The standard InChI is InChI=1S/C17H18Cl2N2O/c18-13-3-4-14(15(19)10-13)17(22)11-21-9-1-2-16(21)12-5-7-20-8-6-12/h3-8,10,16-17,22H,1-2,9,11H2. The van der Waals surface area contributed by atoms with E-state index in [1.165, 1.54) is 5.56 Å². The van der Waals surface area contributed by atoms with E-state index in [2.05, 4.69) is 9.88 Å². The lowest BCUT2D eigenvalue weighted by molar-refractivity contribution is 0.106. The summed E-state index contributed by atoms with van der Waals surface area (Å²) >= 11 is 12.1. The normalized spacial score (nSPS) is 20.2. The number of aromatic nitrogens is 1. The van der Waals surface area contributed by atoms with Crippen molar-refractivity contribution in [3.63, 3.8) is 0 Å². The third-order valence-electron chi connectivity index (χ3n) is 4.18. The third kappa shape index (κ3) is 3.44. The van der Waals surface area contributed by atoms with Crippen LogP contribution in [0, 0.1) is 0 Å². The summed E-state index contributed by atoms with van der Waals surface area (Å²) in [5.41, 5.74) is 1.98. The summed E-state index contributed by atoms with van der Waals surface area (Å²) in [7, 11) is 0. The van der Waals surface area contributed by atoms with Crippen LogP contribution in [-0.2, 0) is 0 Å². The van der Waals surface area contributed by atoms with Gasteiger partial charge in [0.25, 0.3) is 0 Å². The topological polar surface area (TPSA) is 36.4 Å². The van der Waals surface area contributed by atoms with Crippen LogP contribution >= 0.6 is 23.2 Å². The van der Waals surface area contributed by atoms with Crippen LogP contribution in [0.1, 0.15) is 36.1 Å². The molecule has 5 heteroatoms. The van der Waals surface area contributed by atoms with Gasteiger partial charge in [0.1, 0.15) is 0 Å². The second-order valence-electron chi connectivity index (χ2n) is 5.62. The van der Waals surface area contributed by atoms with Gasteiger partial charge in [-0.3, -0.25) is 9.88 Å². The van der Waals surface area contributed by atoms with Gasteiger partial charge in [0.05, 0.1) is 6.10 Å². The number of rotatable bonds is 4. The number of hydrogen-bond donors (Lipinski definition) is 1. The SMILES string of the molecule is OC(CN1CCCC1c1ccncc1)c1ccc(Cl)cc1Cl. The van der Waals surface area contributed by atoms with Gasteiger partial charge in [-0.2, -0.15) is 0 Å². The predicted octanol–water partition coefficient (Wildman–Crippen LogP) is 4.26. The van der Waals surface area contributed by atoms with Gasteiger partial charge in [0.2, 0.25) is 0 Å². The van der Waals surface area contributed by atoms with E-state index in [1.54, 1.807) is 18.2 Å².